The minimum Gasteiger partial charge on any atom is -0.493 e. The van der Waals surface area contributed by atoms with E-state index in [4.69, 9.17) is 4.74 Å². The Balaban J connectivity index is 1.47. The molecule has 2 heterocycles. The fraction of sp³-hybridized carbons (Fsp3) is 0.263. The molecular weight excluding hydrogens is 352 g/mol. The topological polar surface area (TPSA) is 85.4 Å². The number of carbonyl (C=O) groups is 3. The van der Waals surface area contributed by atoms with Crippen molar-refractivity contribution in [1.29, 1.82) is 0 Å². The Morgan fingerprint density at radius 3 is 2.54 bits per heavy atom. The molecule has 1 aromatic heterocycles. The Bertz CT molecular complexity index is 818. The molecule has 26 heavy (non-hydrogen) atoms. The number of imide groups is 1. The molecule has 1 N–H and O–H groups in total. The number of hydrogen-bond donors (Lipinski definition) is 1. The zero-order chi connectivity index (χ0) is 18.5. The first-order valence-corrected chi connectivity index (χ1v) is 9.08. The van der Waals surface area contributed by atoms with E-state index in [1.807, 2.05) is 30.3 Å². The van der Waals surface area contributed by atoms with Gasteiger partial charge >= 0.3 is 0 Å². The number of aromatic nitrogens is 1. The van der Waals surface area contributed by atoms with Crippen molar-refractivity contribution in [3.05, 3.63) is 59.4 Å². The predicted molar refractivity (Wildman–Crippen MR) is 98.5 cm³/mol. The number of thioether (sulfide) groups is 1. The maximum Gasteiger partial charge on any atom is 0.286 e. The zero-order valence-corrected chi connectivity index (χ0v) is 15.0. The lowest BCUT2D eigenvalue weighted by molar-refractivity contribution is -0.118. The molecule has 134 valence electrons. The summed E-state index contributed by atoms with van der Waals surface area (Å²) in [5.74, 6) is 0.496. The lowest BCUT2D eigenvalue weighted by atomic mass is 10.1. The third kappa shape index (κ3) is 4.70. The van der Waals surface area contributed by atoms with Crippen LogP contribution in [0.4, 0.5) is 4.79 Å². The number of pyridine rings is 1. The number of benzene rings is 1. The van der Waals surface area contributed by atoms with Crippen molar-refractivity contribution < 1.29 is 19.1 Å². The Kier molecular flexibility index (Phi) is 5.68. The smallest absolute Gasteiger partial charge is 0.286 e. The van der Waals surface area contributed by atoms with Crippen LogP contribution < -0.4 is 10.1 Å². The average molecular weight is 370 g/mol. The van der Waals surface area contributed by atoms with Gasteiger partial charge in [0, 0.05) is 23.9 Å². The van der Waals surface area contributed by atoms with Gasteiger partial charge in [-0.15, -0.1) is 0 Å². The average Bonchev–Trinajstić information content (AvgIpc) is 2.94. The van der Waals surface area contributed by atoms with Crippen LogP contribution in [0.3, 0.4) is 0 Å². The molecular formula is C19H18N2O4S. The number of hydrogen-bond acceptors (Lipinski definition) is 6. The molecule has 0 aliphatic carbocycles. The van der Waals surface area contributed by atoms with Crippen LogP contribution in [0.5, 0.6) is 5.75 Å². The molecule has 2 aromatic rings. The largest absolute Gasteiger partial charge is 0.493 e. The SMILES string of the molecule is CC(=O)c1ccc(CCOc2ccc(CC3SC(=O)NC3=O)cc2)nc1. The van der Waals surface area contributed by atoms with Gasteiger partial charge in [-0.1, -0.05) is 23.9 Å². The van der Waals surface area contributed by atoms with E-state index >= 15 is 0 Å². The van der Waals surface area contributed by atoms with Crippen LogP contribution in [0.15, 0.2) is 42.6 Å². The van der Waals surface area contributed by atoms with Crippen LogP contribution in [0.25, 0.3) is 0 Å². The quantitative estimate of drug-likeness (QED) is 0.755. The van der Waals surface area contributed by atoms with E-state index in [0.29, 0.717) is 25.0 Å². The summed E-state index contributed by atoms with van der Waals surface area (Å²) in [5.41, 5.74) is 2.43. The summed E-state index contributed by atoms with van der Waals surface area (Å²) >= 11 is 1.03. The van der Waals surface area contributed by atoms with Crippen molar-refractivity contribution >= 4 is 28.7 Å². The van der Waals surface area contributed by atoms with Crippen molar-refractivity contribution in [2.45, 2.75) is 25.0 Å². The zero-order valence-electron chi connectivity index (χ0n) is 14.2. The molecule has 1 aliphatic rings. The maximum absolute atomic E-state index is 11.6. The molecule has 1 aliphatic heterocycles. The van der Waals surface area contributed by atoms with Crippen LogP contribution in [0, 0.1) is 0 Å². The van der Waals surface area contributed by atoms with Crippen molar-refractivity contribution in [3.8, 4) is 5.75 Å². The maximum atomic E-state index is 11.6. The predicted octanol–water partition coefficient (Wildman–Crippen LogP) is 2.80. The Hall–Kier alpha value is -2.67. The molecule has 6 nitrogen and oxygen atoms in total. The van der Waals surface area contributed by atoms with Gasteiger partial charge in [-0.05, 0) is 43.2 Å². The highest BCUT2D eigenvalue weighted by Gasteiger charge is 2.31. The van der Waals surface area contributed by atoms with Crippen molar-refractivity contribution in [2.24, 2.45) is 0 Å². The first-order valence-electron chi connectivity index (χ1n) is 8.20. The molecule has 1 aromatic carbocycles. The molecule has 2 amide bonds. The molecule has 1 atom stereocenters. The summed E-state index contributed by atoms with van der Waals surface area (Å²) in [6, 6.07) is 11.1. The highest BCUT2D eigenvalue weighted by Crippen LogP contribution is 2.23. The molecule has 0 bridgehead atoms. The summed E-state index contributed by atoms with van der Waals surface area (Å²) < 4.78 is 5.71. The Labute approximate surface area is 155 Å². The van der Waals surface area contributed by atoms with Crippen molar-refractivity contribution in [2.75, 3.05) is 6.61 Å². The van der Waals surface area contributed by atoms with Crippen LogP contribution in [0.1, 0.15) is 28.5 Å². The Morgan fingerprint density at radius 1 is 1.19 bits per heavy atom. The van der Waals surface area contributed by atoms with Gasteiger partial charge < -0.3 is 4.74 Å². The number of nitrogens with zero attached hydrogens (tertiary/aromatic N) is 1. The number of ketones is 1. The van der Waals surface area contributed by atoms with Gasteiger partial charge in [-0.25, -0.2) is 0 Å². The fourth-order valence-electron chi connectivity index (χ4n) is 2.52. The molecule has 1 saturated heterocycles. The Morgan fingerprint density at radius 2 is 1.96 bits per heavy atom. The third-order valence-corrected chi connectivity index (χ3v) is 4.95. The molecule has 0 spiro atoms. The van der Waals surface area contributed by atoms with Gasteiger partial charge in [0.25, 0.3) is 5.24 Å². The third-order valence-electron chi connectivity index (χ3n) is 3.97. The van der Waals surface area contributed by atoms with E-state index in [2.05, 4.69) is 10.3 Å². The van der Waals surface area contributed by atoms with E-state index in [9.17, 15) is 14.4 Å². The highest BCUT2D eigenvalue weighted by molar-refractivity contribution is 8.15. The summed E-state index contributed by atoms with van der Waals surface area (Å²) in [6.45, 7) is 1.99. The lowest BCUT2D eigenvalue weighted by Crippen LogP contribution is -2.25. The monoisotopic (exact) mass is 370 g/mol. The summed E-state index contributed by atoms with van der Waals surface area (Å²) in [6.07, 6.45) is 2.73. The number of amides is 2. The van der Waals surface area contributed by atoms with Crippen LogP contribution in [-0.4, -0.2) is 33.8 Å². The molecule has 3 rings (SSSR count). The van der Waals surface area contributed by atoms with E-state index in [-0.39, 0.29) is 22.2 Å². The molecule has 1 fully saturated rings. The van der Waals surface area contributed by atoms with E-state index in [1.54, 1.807) is 12.3 Å². The molecule has 0 radical (unpaired) electrons. The van der Waals surface area contributed by atoms with Crippen molar-refractivity contribution in [3.63, 3.8) is 0 Å². The number of Topliss-reactive ketones (excluding diaryl/α,β-unsaturated/α-hetero) is 1. The summed E-state index contributed by atoms with van der Waals surface area (Å²) in [5, 5.41) is 1.64. The van der Waals surface area contributed by atoms with E-state index in [1.165, 1.54) is 6.92 Å². The lowest BCUT2D eigenvalue weighted by Gasteiger charge is -2.08. The van der Waals surface area contributed by atoms with Gasteiger partial charge in [0.05, 0.1) is 11.9 Å². The minimum atomic E-state index is -0.363. The fourth-order valence-corrected chi connectivity index (χ4v) is 3.38. The van der Waals surface area contributed by atoms with Gasteiger partial charge in [-0.2, -0.15) is 0 Å². The second-order valence-electron chi connectivity index (χ2n) is 5.92. The molecule has 1 unspecified atom stereocenters. The van der Waals surface area contributed by atoms with Gasteiger partial charge in [-0.3, -0.25) is 24.7 Å². The normalized spacial score (nSPS) is 16.4. The van der Waals surface area contributed by atoms with Gasteiger partial charge in [0.15, 0.2) is 5.78 Å². The van der Waals surface area contributed by atoms with E-state index in [0.717, 1.165) is 28.8 Å². The number of rotatable bonds is 7. The van der Waals surface area contributed by atoms with E-state index < -0.39 is 0 Å². The first-order chi connectivity index (χ1) is 12.5. The van der Waals surface area contributed by atoms with Crippen LogP contribution in [0.2, 0.25) is 0 Å². The number of nitrogens with one attached hydrogen (secondary N) is 1. The summed E-state index contributed by atoms with van der Waals surface area (Å²) in [4.78, 5) is 38.2. The standard InChI is InChI=1S/C19H18N2O4S/c1-12(22)14-4-5-15(20-11-14)8-9-25-16-6-2-13(3-7-16)10-17-18(23)21-19(24)26-17/h2-7,11,17H,8-10H2,1H3,(H,21,23,24). The number of ether oxygens (including phenoxy) is 1. The van der Waals surface area contributed by atoms with Gasteiger partial charge in [0.2, 0.25) is 5.91 Å². The second kappa shape index (κ2) is 8.14. The first kappa shape index (κ1) is 18.1. The van der Waals surface area contributed by atoms with Crippen LogP contribution in [-0.2, 0) is 17.6 Å². The molecule has 0 saturated carbocycles. The van der Waals surface area contributed by atoms with Crippen molar-refractivity contribution in [1.82, 2.24) is 10.3 Å². The highest BCUT2D eigenvalue weighted by atomic mass is 32.2. The number of carbonyl (C=O) groups excluding carboxylic acids is 3. The van der Waals surface area contributed by atoms with Gasteiger partial charge in [0.1, 0.15) is 5.75 Å². The molecule has 7 heteroatoms. The second-order valence-corrected chi connectivity index (χ2v) is 7.10. The minimum absolute atomic E-state index is 0.00163. The van der Waals surface area contributed by atoms with Crippen LogP contribution >= 0.6 is 11.8 Å². The summed E-state index contributed by atoms with van der Waals surface area (Å²) in [7, 11) is 0.